The van der Waals surface area contributed by atoms with Crippen molar-refractivity contribution in [2.75, 3.05) is 62.6 Å². The Hall–Kier alpha value is -2.36. The van der Waals surface area contributed by atoms with E-state index in [2.05, 4.69) is 50.8 Å². The molecular formula is C26H38N8S. The van der Waals surface area contributed by atoms with Gasteiger partial charge in [-0.1, -0.05) is 6.92 Å². The predicted octanol–water partition coefficient (Wildman–Crippen LogP) is 3.95. The average molecular weight is 495 g/mol. The molecule has 8 nitrogen and oxygen atoms in total. The number of nitrogens with one attached hydrogen (secondary N) is 1. The number of thiophene rings is 1. The number of aromatic nitrogens is 4. The lowest BCUT2D eigenvalue weighted by atomic mass is 9.99. The summed E-state index contributed by atoms with van der Waals surface area (Å²) in [4.78, 5) is 28.6. The third-order valence-electron chi connectivity index (χ3n) is 7.47. The van der Waals surface area contributed by atoms with Gasteiger partial charge in [-0.05, 0) is 70.3 Å². The van der Waals surface area contributed by atoms with Crippen LogP contribution in [0.3, 0.4) is 0 Å². The molecule has 0 aromatic carbocycles. The van der Waals surface area contributed by atoms with Gasteiger partial charge in [0.2, 0.25) is 5.95 Å². The van der Waals surface area contributed by atoms with Gasteiger partial charge in [0, 0.05) is 50.0 Å². The van der Waals surface area contributed by atoms with E-state index in [0.29, 0.717) is 0 Å². The molecule has 0 amide bonds. The van der Waals surface area contributed by atoms with Crippen LogP contribution in [0.25, 0.3) is 10.2 Å². The van der Waals surface area contributed by atoms with E-state index in [4.69, 9.17) is 9.97 Å². The molecule has 2 saturated heterocycles. The maximum atomic E-state index is 5.02. The molecule has 9 heteroatoms. The molecule has 0 aliphatic carbocycles. The summed E-state index contributed by atoms with van der Waals surface area (Å²) in [5.74, 6) is 3.65. The molecule has 35 heavy (non-hydrogen) atoms. The van der Waals surface area contributed by atoms with Crippen molar-refractivity contribution in [1.29, 1.82) is 0 Å². The molecule has 1 N–H and O–H groups in total. The number of nitrogens with zero attached hydrogens (tertiary/aromatic N) is 7. The SMILES string of the molecule is Cc1sc2nc(CN3CCC(C)CC3)nc(NCCCN3CCN(c4ncccn4)CC3)c2c1C. The summed E-state index contributed by atoms with van der Waals surface area (Å²) >= 11 is 1.80. The molecule has 0 spiro atoms. The summed E-state index contributed by atoms with van der Waals surface area (Å²) in [5, 5.41) is 4.89. The number of aryl methyl sites for hydroxylation is 2. The van der Waals surface area contributed by atoms with Gasteiger partial charge in [0.05, 0.1) is 11.9 Å². The van der Waals surface area contributed by atoms with Crippen LogP contribution in [0.1, 0.15) is 42.5 Å². The van der Waals surface area contributed by atoms with Crippen molar-refractivity contribution in [3.05, 3.63) is 34.7 Å². The number of hydrogen-bond acceptors (Lipinski definition) is 9. The Morgan fingerprint density at radius 3 is 2.46 bits per heavy atom. The first-order valence-corrected chi connectivity index (χ1v) is 13.9. The lowest BCUT2D eigenvalue weighted by Gasteiger charge is -2.34. The first-order chi connectivity index (χ1) is 17.1. The van der Waals surface area contributed by atoms with Crippen molar-refractivity contribution in [3.8, 4) is 0 Å². The predicted molar refractivity (Wildman–Crippen MR) is 144 cm³/mol. The topological polar surface area (TPSA) is 73.3 Å². The highest BCUT2D eigenvalue weighted by Crippen LogP contribution is 2.33. The molecule has 0 atom stereocenters. The van der Waals surface area contributed by atoms with Crippen molar-refractivity contribution in [1.82, 2.24) is 29.7 Å². The Bertz CT molecular complexity index is 1100. The van der Waals surface area contributed by atoms with Crippen LogP contribution >= 0.6 is 11.3 Å². The van der Waals surface area contributed by atoms with E-state index in [1.54, 1.807) is 11.3 Å². The van der Waals surface area contributed by atoms with Crippen molar-refractivity contribution in [2.45, 2.75) is 46.6 Å². The van der Waals surface area contributed by atoms with E-state index in [1.165, 1.54) is 28.7 Å². The first kappa shape index (κ1) is 24.3. The Morgan fingerprint density at radius 2 is 1.71 bits per heavy atom. The van der Waals surface area contributed by atoms with Crippen molar-refractivity contribution >= 4 is 33.3 Å². The summed E-state index contributed by atoms with van der Waals surface area (Å²) in [7, 11) is 0. The molecule has 2 fully saturated rings. The lowest BCUT2D eigenvalue weighted by molar-refractivity contribution is 0.181. The molecule has 188 valence electrons. The van der Waals surface area contributed by atoms with Crippen LogP contribution in [0.5, 0.6) is 0 Å². The van der Waals surface area contributed by atoms with Gasteiger partial charge >= 0.3 is 0 Å². The van der Waals surface area contributed by atoms with Crippen molar-refractivity contribution < 1.29 is 0 Å². The molecule has 3 aromatic rings. The fourth-order valence-electron chi connectivity index (χ4n) is 5.05. The van der Waals surface area contributed by atoms with Gasteiger partial charge in [0.25, 0.3) is 0 Å². The van der Waals surface area contributed by atoms with Gasteiger partial charge in [0.15, 0.2) is 0 Å². The van der Waals surface area contributed by atoms with Crippen LogP contribution in [-0.4, -0.2) is 82.1 Å². The minimum atomic E-state index is 0.837. The fourth-order valence-corrected chi connectivity index (χ4v) is 6.10. The summed E-state index contributed by atoms with van der Waals surface area (Å²) in [5.41, 5.74) is 1.31. The van der Waals surface area contributed by atoms with E-state index in [1.807, 2.05) is 18.5 Å². The van der Waals surface area contributed by atoms with Crippen LogP contribution in [0.15, 0.2) is 18.5 Å². The molecule has 0 bridgehead atoms. The molecule has 0 radical (unpaired) electrons. The normalized spacial score (nSPS) is 18.4. The number of hydrogen-bond donors (Lipinski definition) is 1. The highest BCUT2D eigenvalue weighted by atomic mass is 32.1. The fraction of sp³-hybridized carbons (Fsp3) is 0.615. The molecule has 0 saturated carbocycles. The van der Waals surface area contributed by atoms with Gasteiger partial charge in [-0.2, -0.15) is 0 Å². The third kappa shape index (κ3) is 5.90. The Kier molecular flexibility index (Phi) is 7.75. The van der Waals surface area contributed by atoms with Crippen LogP contribution in [0.2, 0.25) is 0 Å². The highest BCUT2D eigenvalue weighted by molar-refractivity contribution is 7.18. The van der Waals surface area contributed by atoms with Crippen LogP contribution < -0.4 is 10.2 Å². The smallest absolute Gasteiger partial charge is 0.225 e. The maximum Gasteiger partial charge on any atom is 0.225 e. The zero-order valence-electron chi connectivity index (χ0n) is 21.3. The van der Waals surface area contributed by atoms with E-state index in [9.17, 15) is 0 Å². The van der Waals surface area contributed by atoms with Crippen LogP contribution in [-0.2, 0) is 6.54 Å². The summed E-state index contributed by atoms with van der Waals surface area (Å²) in [6.45, 7) is 16.0. The molecule has 0 unspecified atom stereocenters. The van der Waals surface area contributed by atoms with E-state index >= 15 is 0 Å². The minimum absolute atomic E-state index is 0.837. The second kappa shape index (κ2) is 11.1. The summed E-state index contributed by atoms with van der Waals surface area (Å²) in [6.07, 6.45) is 7.28. The van der Waals surface area contributed by atoms with Gasteiger partial charge in [0.1, 0.15) is 16.5 Å². The molecule has 3 aromatic heterocycles. The highest BCUT2D eigenvalue weighted by Gasteiger charge is 2.20. The average Bonchev–Trinajstić information content (AvgIpc) is 3.17. The number of likely N-dealkylation sites (tertiary alicyclic amines) is 1. The summed E-state index contributed by atoms with van der Waals surface area (Å²) < 4.78 is 0. The number of anilines is 2. The first-order valence-electron chi connectivity index (χ1n) is 13.0. The van der Waals surface area contributed by atoms with Gasteiger partial charge in [-0.3, -0.25) is 9.80 Å². The molecule has 2 aliphatic rings. The molecule has 5 heterocycles. The van der Waals surface area contributed by atoms with Crippen molar-refractivity contribution in [3.63, 3.8) is 0 Å². The second-order valence-corrected chi connectivity index (χ2v) is 11.3. The van der Waals surface area contributed by atoms with E-state index in [-0.39, 0.29) is 0 Å². The Morgan fingerprint density at radius 1 is 0.971 bits per heavy atom. The number of piperazine rings is 1. The van der Waals surface area contributed by atoms with E-state index < -0.39 is 0 Å². The van der Waals surface area contributed by atoms with E-state index in [0.717, 1.165) is 93.7 Å². The molecular weight excluding hydrogens is 456 g/mol. The number of rotatable bonds is 8. The van der Waals surface area contributed by atoms with Gasteiger partial charge in [-0.25, -0.2) is 19.9 Å². The number of fused-ring (bicyclic) bond motifs is 1. The maximum absolute atomic E-state index is 5.02. The molecule has 5 rings (SSSR count). The zero-order valence-corrected chi connectivity index (χ0v) is 22.1. The quantitative estimate of drug-likeness (QED) is 0.472. The minimum Gasteiger partial charge on any atom is -0.369 e. The standard InChI is InChI=1S/C26H38N8S/c1-19-6-12-33(13-7-19)18-22-30-24(23-20(2)21(3)35-25(23)31-22)27-10-5-11-32-14-16-34(17-15-32)26-28-8-4-9-29-26/h4,8-9,19H,5-7,10-18H2,1-3H3,(H,27,30,31). The second-order valence-electron chi connectivity index (χ2n) is 10.1. The number of piperidine rings is 1. The van der Waals surface area contributed by atoms with Crippen LogP contribution in [0, 0.1) is 19.8 Å². The summed E-state index contributed by atoms with van der Waals surface area (Å²) in [6, 6.07) is 1.87. The van der Waals surface area contributed by atoms with Gasteiger partial charge < -0.3 is 10.2 Å². The third-order valence-corrected chi connectivity index (χ3v) is 8.57. The lowest BCUT2D eigenvalue weighted by Crippen LogP contribution is -2.47. The Labute approximate surface area is 212 Å². The zero-order chi connectivity index (χ0) is 24.2. The van der Waals surface area contributed by atoms with Crippen LogP contribution in [0.4, 0.5) is 11.8 Å². The Balaban J connectivity index is 1.16. The largest absolute Gasteiger partial charge is 0.369 e. The monoisotopic (exact) mass is 494 g/mol. The molecule has 2 aliphatic heterocycles. The van der Waals surface area contributed by atoms with Crippen molar-refractivity contribution in [2.24, 2.45) is 5.92 Å². The van der Waals surface area contributed by atoms with Gasteiger partial charge in [-0.15, -0.1) is 11.3 Å².